The quantitative estimate of drug-likeness (QED) is 0.734. The van der Waals surface area contributed by atoms with Crippen molar-refractivity contribution in [1.29, 1.82) is 0 Å². The van der Waals surface area contributed by atoms with Crippen LogP contribution in [0.3, 0.4) is 0 Å². The van der Waals surface area contributed by atoms with Gasteiger partial charge in [0.25, 0.3) is 0 Å². The fourth-order valence-electron chi connectivity index (χ4n) is 2.80. The van der Waals surface area contributed by atoms with Gasteiger partial charge in [-0.3, -0.25) is 4.79 Å². The summed E-state index contributed by atoms with van der Waals surface area (Å²) >= 11 is 0. The Labute approximate surface area is 105 Å². The van der Waals surface area contributed by atoms with Crippen molar-refractivity contribution >= 4 is 5.91 Å². The van der Waals surface area contributed by atoms with E-state index in [1.54, 1.807) is 0 Å². The first kappa shape index (κ1) is 12.9. The van der Waals surface area contributed by atoms with Gasteiger partial charge in [0.05, 0.1) is 0 Å². The first-order valence-corrected chi connectivity index (χ1v) is 6.97. The van der Waals surface area contributed by atoms with Gasteiger partial charge >= 0.3 is 0 Å². The number of carbonyl (C=O) groups is 1. The maximum atomic E-state index is 12.1. The molecular formula is C14H26N2O. The van der Waals surface area contributed by atoms with E-state index in [1.807, 2.05) is 4.90 Å². The number of piperidine rings is 1. The number of rotatable bonds is 2. The molecule has 0 saturated carbocycles. The Morgan fingerprint density at radius 3 is 2.12 bits per heavy atom. The van der Waals surface area contributed by atoms with Crippen molar-refractivity contribution in [2.24, 2.45) is 11.3 Å². The normalized spacial score (nSPS) is 23.6. The lowest BCUT2D eigenvalue weighted by molar-refractivity contribution is -0.140. The summed E-state index contributed by atoms with van der Waals surface area (Å²) < 4.78 is 0. The maximum Gasteiger partial charge on any atom is 0.225 e. The lowest BCUT2D eigenvalue weighted by atomic mass is 9.91. The molecule has 0 bridgehead atoms. The molecule has 0 aliphatic carbocycles. The molecule has 17 heavy (non-hydrogen) atoms. The molecule has 0 N–H and O–H groups in total. The number of hydrogen-bond acceptors (Lipinski definition) is 2. The summed E-state index contributed by atoms with van der Waals surface area (Å²) in [5, 5.41) is 0. The minimum absolute atomic E-state index is 0.312. The Morgan fingerprint density at radius 2 is 1.71 bits per heavy atom. The summed E-state index contributed by atoms with van der Waals surface area (Å²) in [7, 11) is 0. The van der Waals surface area contributed by atoms with Gasteiger partial charge in [-0.25, -0.2) is 0 Å². The standard InChI is InChI=1S/C14H26N2O/c1-14(2,3)11-15-9-5-12(6-10-15)13(17)16-7-4-8-16/h12H,4-11H2,1-3H3. The van der Waals surface area contributed by atoms with E-state index < -0.39 is 0 Å². The van der Waals surface area contributed by atoms with Crippen LogP contribution >= 0.6 is 0 Å². The average Bonchev–Trinajstić information content (AvgIpc) is 2.13. The molecule has 2 fully saturated rings. The highest BCUT2D eigenvalue weighted by atomic mass is 16.2. The van der Waals surface area contributed by atoms with E-state index in [0.29, 0.717) is 17.2 Å². The van der Waals surface area contributed by atoms with E-state index in [-0.39, 0.29) is 0 Å². The van der Waals surface area contributed by atoms with Gasteiger partial charge in [-0.1, -0.05) is 20.8 Å². The van der Waals surface area contributed by atoms with Crippen LogP contribution in [0.2, 0.25) is 0 Å². The summed E-state index contributed by atoms with van der Waals surface area (Å²) in [5.41, 5.74) is 0.369. The van der Waals surface area contributed by atoms with Crippen molar-refractivity contribution in [2.45, 2.75) is 40.0 Å². The molecule has 98 valence electrons. The molecular weight excluding hydrogens is 212 g/mol. The van der Waals surface area contributed by atoms with Crippen LogP contribution in [0.15, 0.2) is 0 Å². The van der Waals surface area contributed by atoms with Crippen LogP contribution in [0.1, 0.15) is 40.0 Å². The van der Waals surface area contributed by atoms with Crippen LogP contribution in [0.25, 0.3) is 0 Å². The Morgan fingerprint density at radius 1 is 1.12 bits per heavy atom. The Balaban J connectivity index is 1.75. The summed E-state index contributed by atoms with van der Waals surface area (Å²) in [6.07, 6.45) is 3.32. The maximum absolute atomic E-state index is 12.1. The zero-order valence-electron chi connectivity index (χ0n) is 11.5. The summed E-state index contributed by atoms with van der Waals surface area (Å²) in [6.45, 7) is 12.2. The summed E-state index contributed by atoms with van der Waals surface area (Å²) in [4.78, 5) is 16.6. The second-order valence-electron chi connectivity index (χ2n) is 6.79. The number of hydrogen-bond donors (Lipinski definition) is 0. The molecule has 0 aromatic heterocycles. The predicted molar refractivity (Wildman–Crippen MR) is 69.8 cm³/mol. The van der Waals surface area contributed by atoms with E-state index in [0.717, 1.165) is 45.6 Å². The molecule has 0 atom stereocenters. The molecule has 3 nitrogen and oxygen atoms in total. The van der Waals surface area contributed by atoms with Crippen molar-refractivity contribution < 1.29 is 4.79 Å². The molecule has 2 aliphatic heterocycles. The molecule has 0 unspecified atom stereocenters. The molecule has 2 rings (SSSR count). The van der Waals surface area contributed by atoms with Crippen LogP contribution in [0.5, 0.6) is 0 Å². The van der Waals surface area contributed by atoms with E-state index in [1.165, 1.54) is 6.42 Å². The second-order valence-corrected chi connectivity index (χ2v) is 6.79. The summed E-state index contributed by atoms with van der Waals surface area (Å²) in [5.74, 6) is 0.734. The largest absolute Gasteiger partial charge is 0.342 e. The zero-order chi connectivity index (χ0) is 12.5. The number of carbonyl (C=O) groups excluding carboxylic acids is 1. The van der Waals surface area contributed by atoms with Gasteiger partial charge in [-0.05, 0) is 37.8 Å². The Bertz CT molecular complexity index is 270. The van der Waals surface area contributed by atoms with Crippen molar-refractivity contribution in [3.05, 3.63) is 0 Å². The number of likely N-dealkylation sites (tertiary alicyclic amines) is 2. The molecule has 2 aliphatic rings. The molecule has 0 radical (unpaired) electrons. The monoisotopic (exact) mass is 238 g/mol. The van der Waals surface area contributed by atoms with Gasteiger partial charge in [0.2, 0.25) is 5.91 Å². The molecule has 0 aromatic carbocycles. The number of amides is 1. The van der Waals surface area contributed by atoms with Gasteiger partial charge in [0.15, 0.2) is 0 Å². The van der Waals surface area contributed by atoms with Crippen molar-refractivity contribution in [3.8, 4) is 0 Å². The van der Waals surface area contributed by atoms with Crippen LogP contribution in [-0.4, -0.2) is 48.4 Å². The van der Waals surface area contributed by atoms with E-state index >= 15 is 0 Å². The third-order valence-electron chi connectivity index (χ3n) is 3.80. The van der Waals surface area contributed by atoms with Gasteiger partial charge in [-0.2, -0.15) is 0 Å². The van der Waals surface area contributed by atoms with E-state index in [9.17, 15) is 4.79 Å². The van der Waals surface area contributed by atoms with E-state index in [2.05, 4.69) is 25.7 Å². The van der Waals surface area contributed by atoms with Crippen molar-refractivity contribution in [2.75, 3.05) is 32.7 Å². The molecule has 2 saturated heterocycles. The van der Waals surface area contributed by atoms with E-state index in [4.69, 9.17) is 0 Å². The zero-order valence-corrected chi connectivity index (χ0v) is 11.5. The van der Waals surface area contributed by atoms with Crippen LogP contribution in [-0.2, 0) is 4.79 Å². The minimum Gasteiger partial charge on any atom is -0.342 e. The van der Waals surface area contributed by atoms with Gasteiger partial charge in [-0.15, -0.1) is 0 Å². The number of nitrogens with zero attached hydrogens (tertiary/aromatic N) is 2. The fraction of sp³-hybridized carbons (Fsp3) is 0.929. The van der Waals surface area contributed by atoms with Gasteiger partial charge < -0.3 is 9.80 Å². The Hall–Kier alpha value is -0.570. The molecule has 2 heterocycles. The third kappa shape index (κ3) is 3.44. The highest BCUT2D eigenvalue weighted by molar-refractivity contribution is 5.79. The first-order valence-electron chi connectivity index (χ1n) is 6.97. The highest BCUT2D eigenvalue weighted by Gasteiger charge is 2.31. The smallest absolute Gasteiger partial charge is 0.225 e. The second kappa shape index (κ2) is 4.97. The highest BCUT2D eigenvalue weighted by Crippen LogP contribution is 2.24. The molecule has 3 heteroatoms. The molecule has 0 spiro atoms. The lowest BCUT2D eigenvalue weighted by Crippen LogP contribution is -2.48. The average molecular weight is 238 g/mol. The van der Waals surface area contributed by atoms with Crippen molar-refractivity contribution in [3.63, 3.8) is 0 Å². The fourth-order valence-corrected chi connectivity index (χ4v) is 2.80. The van der Waals surface area contributed by atoms with Crippen LogP contribution in [0.4, 0.5) is 0 Å². The third-order valence-corrected chi connectivity index (χ3v) is 3.80. The van der Waals surface area contributed by atoms with Crippen LogP contribution < -0.4 is 0 Å². The minimum atomic E-state index is 0.312. The first-order chi connectivity index (χ1) is 7.96. The molecule has 0 aromatic rings. The topological polar surface area (TPSA) is 23.6 Å². The summed E-state index contributed by atoms with van der Waals surface area (Å²) in [6, 6.07) is 0. The van der Waals surface area contributed by atoms with Crippen molar-refractivity contribution in [1.82, 2.24) is 9.80 Å². The predicted octanol–water partition coefficient (Wildman–Crippen LogP) is 1.98. The van der Waals surface area contributed by atoms with Gasteiger partial charge in [0, 0.05) is 25.6 Å². The van der Waals surface area contributed by atoms with Crippen LogP contribution in [0, 0.1) is 11.3 Å². The SMILES string of the molecule is CC(C)(C)CN1CCC(C(=O)N2CCC2)CC1. The lowest BCUT2D eigenvalue weighted by Gasteiger charge is -2.39. The Kier molecular flexibility index (Phi) is 3.76. The molecule has 1 amide bonds. The van der Waals surface area contributed by atoms with Gasteiger partial charge in [0.1, 0.15) is 0 Å².